The van der Waals surface area contributed by atoms with Gasteiger partial charge in [-0.15, -0.1) is 0 Å². The fourth-order valence-electron chi connectivity index (χ4n) is 4.55. The molecule has 1 saturated heterocycles. The number of nitrogens with zero attached hydrogens (tertiary/aromatic N) is 1. The molecule has 4 heteroatoms. The highest BCUT2D eigenvalue weighted by atomic mass is 16.5. The van der Waals surface area contributed by atoms with E-state index in [1.807, 2.05) is 11.2 Å². The lowest BCUT2D eigenvalue weighted by atomic mass is 9.75. The van der Waals surface area contributed by atoms with Gasteiger partial charge >= 0.3 is 0 Å². The molecule has 118 valence electrons. The monoisotopic (exact) mass is 308 g/mol. The molecule has 4 aliphatic rings. The second kappa shape index (κ2) is 4.63. The standard InChI is InChI=1S/C19H20N2O2/c1-11-15-9-21-7-6-13-12-4-2-3-5-17(12)20-19(13)16(10-23-11)14(15)8-18(21)22/h2-5,10-11,14-15,20H,6-9H2,1H3. The molecular formula is C19H20N2O2. The fraction of sp³-hybridized carbons (Fsp3) is 0.421. The molecule has 3 atom stereocenters. The average Bonchev–Trinajstić information content (AvgIpc) is 2.94. The minimum absolute atomic E-state index is 0.172. The molecular weight excluding hydrogens is 288 g/mol. The van der Waals surface area contributed by atoms with Gasteiger partial charge in [0.2, 0.25) is 5.91 Å². The maximum Gasteiger partial charge on any atom is 0.223 e. The number of H-pyrrole nitrogens is 1. The van der Waals surface area contributed by atoms with Crippen molar-refractivity contribution >= 4 is 22.4 Å². The summed E-state index contributed by atoms with van der Waals surface area (Å²) in [5.41, 5.74) is 4.88. The van der Waals surface area contributed by atoms with Crippen LogP contribution in [0.1, 0.15) is 24.6 Å². The molecule has 4 aliphatic heterocycles. The third-order valence-electron chi connectivity index (χ3n) is 5.84. The molecule has 3 unspecified atom stereocenters. The van der Waals surface area contributed by atoms with E-state index in [2.05, 4.69) is 36.2 Å². The van der Waals surface area contributed by atoms with E-state index in [-0.39, 0.29) is 12.0 Å². The van der Waals surface area contributed by atoms with E-state index in [0.29, 0.717) is 18.2 Å². The fourth-order valence-corrected chi connectivity index (χ4v) is 4.55. The summed E-state index contributed by atoms with van der Waals surface area (Å²) < 4.78 is 5.96. The van der Waals surface area contributed by atoms with E-state index >= 15 is 0 Å². The van der Waals surface area contributed by atoms with Gasteiger partial charge in [0.05, 0.1) is 6.26 Å². The number of ether oxygens (including phenoxy) is 1. The number of amides is 1. The second-order valence-corrected chi connectivity index (χ2v) is 7.00. The van der Waals surface area contributed by atoms with Crippen LogP contribution < -0.4 is 0 Å². The summed E-state index contributed by atoms with van der Waals surface area (Å²) in [6, 6.07) is 8.45. The summed E-state index contributed by atoms with van der Waals surface area (Å²) in [4.78, 5) is 18.1. The lowest BCUT2D eigenvalue weighted by Gasteiger charge is -2.43. The Labute approximate surface area is 135 Å². The van der Waals surface area contributed by atoms with Gasteiger partial charge in [-0.1, -0.05) is 18.2 Å². The van der Waals surface area contributed by atoms with Crippen LogP contribution in [0.15, 0.2) is 30.5 Å². The Morgan fingerprint density at radius 3 is 3.09 bits per heavy atom. The van der Waals surface area contributed by atoms with Crippen LogP contribution in [0.5, 0.6) is 0 Å². The summed E-state index contributed by atoms with van der Waals surface area (Å²) in [6.07, 6.45) is 3.59. The predicted octanol–water partition coefficient (Wildman–Crippen LogP) is 2.95. The third kappa shape index (κ3) is 1.81. The van der Waals surface area contributed by atoms with Crippen LogP contribution in [0.3, 0.4) is 0 Å². The Kier molecular flexibility index (Phi) is 2.67. The maximum atomic E-state index is 12.5. The van der Waals surface area contributed by atoms with E-state index in [9.17, 15) is 4.79 Å². The quantitative estimate of drug-likeness (QED) is 0.813. The zero-order chi connectivity index (χ0) is 15.6. The molecule has 0 aliphatic carbocycles. The molecule has 4 nitrogen and oxygen atoms in total. The number of rotatable bonds is 0. The molecule has 4 bridgehead atoms. The number of hydrogen-bond acceptors (Lipinski definition) is 2. The molecule has 0 saturated carbocycles. The molecule has 5 heterocycles. The number of aromatic nitrogens is 1. The van der Waals surface area contributed by atoms with Gasteiger partial charge in [0.15, 0.2) is 0 Å². The molecule has 2 aromatic rings. The Balaban J connectivity index is 1.76. The third-order valence-corrected chi connectivity index (χ3v) is 5.84. The van der Waals surface area contributed by atoms with Crippen molar-refractivity contribution in [2.24, 2.45) is 11.8 Å². The summed E-state index contributed by atoms with van der Waals surface area (Å²) in [7, 11) is 0. The van der Waals surface area contributed by atoms with E-state index < -0.39 is 0 Å². The normalized spacial score (nSPS) is 29.4. The molecule has 1 fully saturated rings. The van der Waals surface area contributed by atoms with Crippen LogP contribution >= 0.6 is 0 Å². The van der Waals surface area contributed by atoms with Gasteiger partial charge in [-0.2, -0.15) is 0 Å². The van der Waals surface area contributed by atoms with Gasteiger partial charge < -0.3 is 14.6 Å². The lowest BCUT2D eigenvalue weighted by Crippen LogP contribution is -2.49. The van der Waals surface area contributed by atoms with Gasteiger partial charge in [0.1, 0.15) is 6.10 Å². The first-order chi connectivity index (χ1) is 11.2. The smallest absolute Gasteiger partial charge is 0.223 e. The molecule has 0 radical (unpaired) electrons. The van der Waals surface area contributed by atoms with Crippen molar-refractivity contribution in [2.75, 3.05) is 13.1 Å². The Bertz CT molecular complexity index is 835. The highest BCUT2D eigenvalue weighted by Gasteiger charge is 2.44. The summed E-state index contributed by atoms with van der Waals surface area (Å²) >= 11 is 0. The number of benzene rings is 1. The lowest BCUT2D eigenvalue weighted by molar-refractivity contribution is -0.138. The minimum Gasteiger partial charge on any atom is -0.498 e. The number of nitrogens with one attached hydrogen (secondary N) is 1. The van der Waals surface area contributed by atoms with Gasteiger partial charge in [0.25, 0.3) is 0 Å². The van der Waals surface area contributed by atoms with Crippen molar-refractivity contribution in [3.63, 3.8) is 0 Å². The van der Waals surface area contributed by atoms with Crippen molar-refractivity contribution in [1.29, 1.82) is 0 Å². The Morgan fingerprint density at radius 2 is 2.17 bits per heavy atom. The zero-order valence-electron chi connectivity index (χ0n) is 13.2. The van der Waals surface area contributed by atoms with Crippen molar-refractivity contribution in [3.05, 3.63) is 41.8 Å². The van der Waals surface area contributed by atoms with E-state index in [1.165, 1.54) is 27.7 Å². The van der Waals surface area contributed by atoms with Gasteiger partial charge in [-0.3, -0.25) is 4.79 Å². The van der Waals surface area contributed by atoms with Crippen molar-refractivity contribution < 1.29 is 9.53 Å². The second-order valence-electron chi connectivity index (χ2n) is 7.00. The van der Waals surface area contributed by atoms with Crippen molar-refractivity contribution in [1.82, 2.24) is 9.88 Å². The predicted molar refractivity (Wildman–Crippen MR) is 88.7 cm³/mol. The number of allylic oxidation sites excluding steroid dienone is 1. The largest absolute Gasteiger partial charge is 0.498 e. The highest BCUT2D eigenvalue weighted by molar-refractivity contribution is 5.91. The first kappa shape index (κ1) is 13.2. The summed E-state index contributed by atoms with van der Waals surface area (Å²) in [6.45, 7) is 3.75. The maximum absolute atomic E-state index is 12.5. The molecule has 6 rings (SSSR count). The van der Waals surface area contributed by atoms with Crippen LogP contribution in [-0.2, 0) is 16.0 Å². The minimum atomic E-state index is 0.172. The Hall–Kier alpha value is -2.23. The number of para-hydroxylation sites is 1. The number of carbonyl (C=O) groups excluding carboxylic acids is 1. The van der Waals surface area contributed by atoms with E-state index in [0.717, 1.165) is 19.5 Å². The van der Waals surface area contributed by atoms with E-state index in [1.54, 1.807) is 0 Å². The van der Waals surface area contributed by atoms with Crippen molar-refractivity contribution in [2.45, 2.75) is 25.9 Å². The van der Waals surface area contributed by atoms with Crippen LogP contribution in [0.2, 0.25) is 0 Å². The van der Waals surface area contributed by atoms with E-state index in [4.69, 9.17) is 4.74 Å². The Morgan fingerprint density at radius 1 is 1.30 bits per heavy atom. The molecule has 1 N–H and O–H groups in total. The zero-order valence-corrected chi connectivity index (χ0v) is 13.2. The van der Waals surface area contributed by atoms with Crippen molar-refractivity contribution in [3.8, 4) is 0 Å². The molecule has 1 aromatic heterocycles. The molecule has 23 heavy (non-hydrogen) atoms. The summed E-state index contributed by atoms with van der Waals surface area (Å²) in [5.74, 6) is 0.957. The number of carbonyl (C=O) groups is 1. The number of aromatic amines is 1. The number of piperidine rings is 1. The van der Waals surface area contributed by atoms with Gasteiger partial charge in [-0.05, 0) is 25.0 Å². The van der Waals surface area contributed by atoms with Crippen LogP contribution in [0, 0.1) is 11.8 Å². The van der Waals surface area contributed by atoms with Crippen LogP contribution in [0.25, 0.3) is 16.5 Å². The van der Waals surface area contributed by atoms with Crippen LogP contribution in [-0.4, -0.2) is 35.0 Å². The van der Waals surface area contributed by atoms with Gasteiger partial charge in [0, 0.05) is 53.5 Å². The SMILES string of the molecule is CC1OC=C2c3[nH]c4ccccc4c3CCN3CC1C2CC3=O. The average molecular weight is 308 g/mol. The van der Waals surface area contributed by atoms with Crippen LogP contribution in [0.4, 0.5) is 0 Å². The first-order valence-corrected chi connectivity index (χ1v) is 8.45. The number of fused-ring (bicyclic) bond motifs is 3. The topological polar surface area (TPSA) is 45.3 Å². The molecule has 0 spiro atoms. The highest BCUT2D eigenvalue weighted by Crippen LogP contribution is 2.44. The summed E-state index contributed by atoms with van der Waals surface area (Å²) in [5, 5.41) is 1.27. The molecule has 1 amide bonds. The number of hydrogen-bond donors (Lipinski definition) is 1. The first-order valence-electron chi connectivity index (χ1n) is 8.45. The molecule has 1 aromatic carbocycles. The van der Waals surface area contributed by atoms with Gasteiger partial charge in [-0.25, -0.2) is 0 Å².